The second kappa shape index (κ2) is 3.74. The van der Waals surface area contributed by atoms with Crippen molar-refractivity contribution in [3.63, 3.8) is 0 Å². The molecule has 0 N–H and O–H groups in total. The molecule has 0 fully saturated rings. The minimum atomic E-state index is -0.0750. The summed E-state index contributed by atoms with van der Waals surface area (Å²) in [6, 6.07) is 5.16. The molecule has 1 aromatic carbocycles. The van der Waals surface area contributed by atoms with Gasteiger partial charge in [0.2, 0.25) is 0 Å². The van der Waals surface area contributed by atoms with Gasteiger partial charge < -0.3 is 0 Å². The van der Waals surface area contributed by atoms with Gasteiger partial charge in [0.15, 0.2) is 11.6 Å². The zero-order chi connectivity index (χ0) is 11.0. The van der Waals surface area contributed by atoms with E-state index in [1.54, 1.807) is 18.2 Å². The zero-order valence-corrected chi connectivity index (χ0v) is 9.80. The van der Waals surface area contributed by atoms with Gasteiger partial charge in [-0.2, -0.15) is 0 Å². The third-order valence-corrected chi connectivity index (χ3v) is 2.96. The van der Waals surface area contributed by atoms with Crippen LogP contribution in [0.1, 0.15) is 34.1 Å². The molecular formula is C12H9BrO2. The largest absolute Gasteiger partial charge is 0.289 e. The standard InChI is InChI=1S/C12H9BrO2/c1-2-7-5-11(14)9-4-3-8(13)6-10(9)12(7)15/h3-6H,2H2,1H3. The van der Waals surface area contributed by atoms with E-state index in [9.17, 15) is 9.59 Å². The van der Waals surface area contributed by atoms with Gasteiger partial charge in [-0.05, 0) is 30.7 Å². The molecule has 15 heavy (non-hydrogen) atoms. The van der Waals surface area contributed by atoms with E-state index in [2.05, 4.69) is 15.9 Å². The molecule has 0 atom stereocenters. The minimum Gasteiger partial charge on any atom is -0.289 e. The smallest absolute Gasteiger partial charge is 0.189 e. The fourth-order valence-corrected chi connectivity index (χ4v) is 2.02. The van der Waals surface area contributed by atoms with Gasteiger partial charge in [0.05, 0.1) is 0 Å². The first-order valence-electron chi connectivity index (χ1n) is 4.72. The van der Waals surface area contributed by atoms with Crippen LogP contribution in [0.3, 0.4) is 0 Å². The highest BCUT2D eigenvalue weighted by Gasteiger charge is 2.24. The summed E-state index contributed by atoms with van der Waals surface area (Å²) in [4.78, 5) is 23.6. The highest BCUT2D eigenvalue weighted by atomic mass is 79.9. The van der Waals surface area contributed by atoms with E-state index in [1.165, 1.54) is 6.08 Å². The maximum absolute atomic E-state index is 11.9. The Morgan fingerprint density at radius 3 is 2.60 bits per heavy atom. The molecule has 0 amide bonds. The van der Waals surface area contributed by atoms with Crippen molar-refractivity contribution < 1.29 is 9.59 Å². The van der Waals surface area contributed by atoms with Crippen LogP contribution in [-0.2, 0) is 0 Å². The first-order valence-corrected chi connectivity index (χ1v) is 5.52. The van der Waals surface area contributed by atoms with Crippen LogP contribution >= 0.6 is 15.9 Å². The number of benzene rings is 1. The molecule has 0 bridgehead atoms. The zero-order valence-electron chi connectivity index (χ0n) is 8.21. The molecule has 0 aliphatic heterocycles. The number of Topliss-reactive ketones (excluding diaryl/α,β-unsaturated/α-hetero) is 1. The lowest BCUT2D eigenvalue weighted by molar-refractivity contribution is 0.0982. The fraction of sp³-hybridized carbons (Fsp3) is 0.167. The predicted octanol–water partition coefficient (Wildman–Crippen LogP) is 3.16. The number of ketones is 2. The predicted molar refractivity (Wildman–Crippen MR) is 61.2 cm³/mol. The Bertz CT molecular complexity index is 486. The van der Waals surface area contributed by atoms with Gasteiger partial charge in [0.25, 0.3) is 0 Å². The third-order valence-electron chi connectivity index (χ3n) is 2.47. The van der Waals surface area contributed by atoms with Crippen LogP contribution in [0.2, 0.25) is 0 Å². The molecule has 0 unspecified atom stereocenters. The number of fused-ring (bicyclic) bond motifs is 1. The summed E-state index contributed by atoms with van der Waals surface area (Å²) in [6.45, 7) is 1.87. The Balaban J connectivity index is 2.62. The van der Waals surface area contributed by atoms with Crippen molar-refractivity contribution in [3.05, 3.63) is 45.4 Å². The van der Waals surface area contributed by atoms with E-state index < -0.39 is 0 Å². The minimum absolute atomic E-state index is 0.0339. The SMILES string of the molecule is CCC1=CC(=O)c2ccc(Br)cc2C1=O. The number of allylic oxidation sites excluding steroid dienone is 2. The molecule has 1 aliphatic carbocycles. The van der Waals surface area contributed by atoms with Crippen molar-refractivity contribution in [3.8, 4) is 0 Å². The topological polar surface area (TPSA) is 34.1 Å². The maximum Gasteiger partial charge on any atom is 0.189 e. The van der Waals surface area contributed by atoms with Gasteiger partial charge in [-0.1, -0.05) is 22.9 Å². The second-order valence-corrected chi connectivity index (χ2v) is 4.32. The molecule has 76 valence electrons. The van der Waals surface area contributed by atoms with E-state index in [0.29, 0.717) is 23.1 Å². The monoisotopic (exact) mass is 264 g/mol. The Morgan fingerprint density at radius 2 is 1.93 bits per heavy atom. The average molecular weight is 265 g/mol. The molecule has 2 nitrogen and oxygen atoms in total. The van der Waals surface area contributed by atoms with Crippen molar-refractivity contribution in [2.75, 3.05) is 0 Å². The Kier molecular flexibility index (Phi) is 2.57. The lowest BCUT2D eigenvalue weighted by Gasteiger charge is -2.13. The van der Waals surface area contributed by atoms with Crippen LogP contribution in [0.5, 0.6) is 0 Å². The summed E-state index contributed by atoms with van der Waals surface area (Å²) in [5, 5.41) is 0. The van der Waals surface area contributed by atoms with Crippen molar-refractivity contribution in [1.29, 1.82) is 0 Å². The van der Waals surface area contributed by atoms with Crippen molar-refractivity contribution in [2.45, 2.75) is 13.3 Å². The van der Waals surface area contributed by atoms with Crippen LogP contribution in [0, 0.1) is 0 Å². The van der Waals surface area contributed by atoms with E-state index in [1.807, 2.05) is 6.92 Å². The van der Waals surface area contributed by atoms with Crippen molar-refractivity contribution in [1.82, 2.24) is 0 Å². The molecule has 0 spiro atoms. The van der Waals surface area contributed by atoms with Crippen LogP contribution in [0.4, 0.5) is 0 Å². The van der Waals surface area contributed by atoms with Crippen molar-refractivity contribution in [2.24, 2.45) is 0 Å². The molecule has 3 heteroatoms. The van der Waals surface area contributed by atoms with E-state index >= 15 is 0 Å². The van der Waals surface area contributed by atoms with E-state index in [0.717, 1.165) is 4.47 Å². The highest BCUT2D eigenvalue weighted by molar-refractivity contribution is 9.10. The number of rotatable bonds is 1. The van der Waals surface area contributed by atoms with Crippen LogP contribution in [0.15, 0.2) is 34.3 Å². The molecule has 1 aromatic rings. The number of carbonyl (C=O) groups is 2. The van der Waals surface area contributed by atoms with Gasteiger partial charge in [-0.15, -0.1) is 0 Å². The fourth-order valence-electron chi connectivity index (χ4n) is 1.66. The maximum atomic E-state index is 11.9. The Hall–Kier alpha value is -1.22. The number of halogens is 1. The Morgan fingerprint density at radius 1 is 1.20 bits per heavy atom. The second-order valence-electron chi connectivity index (χ2n) is 3.41. The molecule has 0 heterocycles. The number of hydrogen-bond donors (Lipinski definition) is 0. The van der Waals surface area contributed by atoms with Gasteiger partial charge in [0, 0.05) is 21.2 Å². The summed E-state index contributed by atoms with van der Waals surface area (Å²) in [7, 11) is 0. The van der Waals surface area contributed by atoms with Crippen molar-refractivity contribution >= 4 is 27.5 Å². The molecule has 0 aromatic heterocycles. The van der Waals surface area contributed by atoms with Crippen LogP contribution in [-0.4, -0.2) is 11.6 Å². The molecule has 0 radical (unpaired) electrons. The van der Waals surface area contributed by atoms with Gasteiger partial charge >= 0.3 is 0 Å². The summed E-state index contributed by atoms with van der Waals surface area (Å²) in [6.07, 6.45) is 2.04. The van der Waals surface area contributed by atoms with E-state index in [-0.39, 0.29) is 11.6 Å². The number of hydrogen-bond acceptors (Lipinski definition) is 2. The average Bonchev–Trinajstić information content (AvgIpc) is 2.23. The first-order chi connectivity index (χ1) is 7.13. The number of carbonyl (C=O) groups excluding carboxylic acids is 2. The lowest BCUT2D eigenvalue weighted by Crippen LogP contribution is -2.16. The summed E-state index contributed by atoms with van der Waals surface area (Å²) in [5.74, 6) is -0.109. The molecule has 0 saturated heterocycles. The first kappa shape index (κ1) is 10.3. The van der Waals surface area contributed by atoms with Gasteiger partial charge in [-0.3, -0.25) is 9.59 Å². The van der Waals surface area contributed by atoms with E-state index in [4.69, 9.17) is 0 Å². The molecule has 1 aliphatic rings. The molecular weight excluding hydrogens is 256 g/mol. The Labute approximate surface area is 96.1 Å². The highest BCUT2D eigenvalue weighted by Crippen LogP contribution is 2.25. The normalized spacial score (nSPS) is 14.9. The third kappa shape index (κ3) is 1.67. The van der Waals surface area contributed by atoms with Gasteiger partial charge in [-0.25, -0.2) is 0 Å². The lowest BCUT2D eigenvalue weighted by atomic mass is 9.88. The van der Waals surface area contributed by atoms with Crippen LogP contribution < -0.4 is 0 Å². The summed E-state index contributed by atoms with van der Waals surface area (Å²) in [5.41, 5.74) is 1.60. The van der Waals surface area contributed by atoms with Gasteiger partial charge in [0.1, 0.15) is 0 Å². The summed E-state index contributed by atoms with van der Waals surface area (Å²) >= 11 is 3.30. The molecule has 0 saturated carbocycles. The molecule has 2 rings (SSSR count). The summed E-state index contributed by atoms with van der Waals surface area (Å²) < 4.78 is 0.819. The van der Waals surface area contributed by atoms with Crippen LogP contribution in [0.25, 0.3) is 0 Å². The quantitative estimate of drug-likeness (QED) is 0.781.